The summed E-state index contributed by atoms with van der Waals surface area (Å²) < 4.78 is 65.7. The van der Waals surface area contributed by atoms with Crippen molar-refractivity contribution in [2.24, 2.45) is 5.92 Å². The first kappa shape index (κ1) is 26.8. The number of ether oxygens (including phenoxy) is 2. The zero-order valence-electron chi connectivity index (χ0n) is 19.7. The van der Waals surface area contributed by atoms with Crippen molar-refractivity contribution in [1.82, 2.24) is 8.61 Å². The number of hydrogen-bond acceptors (Lipinski definition) is 7. The van der Waals surface area contributed by atoms with E-state index in [0.717, 1.165) is 0 Å². The molecule has 0 bridgehead atoms. The number of anilines is 1. The molecule has 0 aromatic heterocycles. The number of rotatable bonds is 7. The predicted octanol–water partition coefficient (Wildman–Crippen LogP) is 2.41. The van der Waals surface area contributed by atoms with E-state index in [4.69, 9.17) is 21.1 Å². The Hall–Kier alpha value is -2.22. The highest BCUT2D eigenvalue weighted by Crippen LogP contribution is 2.31. The van der Waals surface area contributed by atoms with Crippen LogP contribution < -0.4 is 10.1 Å². The normalized spacial score (nSPS) is 20.1. The number of morpholine rings is 1. The van der Waals surface area contributed by atoms with E-state index in [1.54, 1.807) is 6.07 Å². The second kappa shape index (κ2) is 11.0. The SMILES string of the molecule is COc1ccc(NC(=O)[C@@H]2CCCN(S(=O)(=O)c3ccc(Cl)cc3)C2)cc1S(=O)(=O)N1CCOCC1. The lowest BCUT2D eigenvalue weighted by Crippen LogP contribution is -2.43. The van der Waals surface area contributed by atoms with Crippen molar-refractivity contribution in [3.8, 4) is 5.75 Å². The zero-order chi connectivity index (χ0) is 25.9. The average molecular weight is 558 g/mol. The predicted molar refractivity (Wildman–Crippen MR) is 134 cm³/mol. The molecule has 0 aliphatic carbocycles. The first-order chi connectivity index (χ1) is 17.1. The molecule has 2 aromatic rings. The van der Waals surface area contributed by atoms with Crippen LogP contribution in [0.1, 0.15) is 12.8 Å². The van der Waals surface area contributed by atoms with Gasteiger partial charge in [0.2, 0.25) is 26.0 Å². The molecule has 13 heteroatoms. The van der Waals surface area contributed by atoms with Gasteiger partial charge in [-0.3, -0.25) is 4.79 Å². The second-order valence-electron chi connectivity index (χ2n) is 8.53. The van der Waals surface area contributed by atoms with Crippen LogP contribution in [0.2, 0.25) is 5.02 Å². The Bertz CT molecular complexity index is 1310. The number of sulfonamides is 2. The molecule has 1 atom stereocenters. The molecule has 1 N–H and O–H groups in total. The van der Waals surface area contributed by atoms with E-state index in [1.807, 2.05) is 0 Å². The maximum absolute atomic E-state index is 13.2. The van der Waals surface area contributed by atoms with Crippen molar-refractivity contribution in [2.45, 2.75) is 22.6 Å². The highest BCUT2D eigenvalue weighted by Gasteiger charge is 2.34. The number of nitrogens with one attached hydrogen (secondary N) is 1. The van der Waals surface area contributed by atoms with Gasteiger partial charge in [-0.05, 0) is 55.3 Å². The number of halogens is 1. The molecule has 36 heavy (non-hydrogen) atoms. The first-order valence-electron chi connectivity index (χ1n) is 11.5. The van der Waals surface area contributed by atoms with Gasteiger partial charge in [0.1, 0.15) is 10.6 Å². The van der Waals surface area contributed by atoms with Crippen molar-refractivity contribution in [2.75, 3.05) is 51.8 Å². The van der Waals surface area contributed by atoms with Crippen LogP contribution in [0.15, 0.2) is 52.3 Å². The van der Waals surface area contributed by atoms with Gasteiger partial charge in [-0.2, -0.15) is 8.61 Å². The van der Waals surface area contributed by atoms with E-state index < -0.39 is 26.0 Å². The van der Waals surface area contributed by atoms with Gasteiger partial charge in [0.05, 0.1) is 31.1 Å². The molecule has 0 radical (unpaired) electrons. The summed E-state index contributed by atoms with van der Waals surface area (Å²) in [5.41, 5.74) is 0.283. The van der Waals surface area contributed by atoms with Crippen LogP contribution in [0.5, 0.6) is 5.75 Å². The summed E-state index contributed by atoms with van der Waals surface area (Å²) in [4.78, 5) is 13.1. The Labute approximate surface area is 216 Å². The Morgan fingerprint density at radius 1 is 1.00 bits per heavy atom. The molecule has 0 spiro atoms. The van der Waals surface area contributed by atoms with Crippen LogP contribution in [0.25, 0.3) is 0 Å². The topological polar surface area (TPSA) is 122 Å². The molecule has 196 valence electrons. The Morgan fingerprint density at radius 2 is 1.69 bits per heavy atom. The summed E-state index contributed by atoms with van der Waals surface area (Å²) in [6, 6.07) is 10.3. The fourth-order valence-electron chi connectivity index (χ4n) is 4.26. The highest BCUT2D eigenvalue weighted by molar-refractivity contribution is 7.89. The number of methoxy groups -OCH3 is 1. The van der Waals surface area contributed by atoms with Gasteiger partial charge >= 0.3 is 0 Å². The van der Waals surface area contributed by atoms with E-state index in [0.29, 0.717) is 37.6 Å². The van der Waals surface area contributed by atoms with Crippen LogP contribution >= 0.6 is 11.6 Å². The lowest BCUT2D eigenvalue weighted by atomic mass is 9.98. The summed E-state index contributed by atoms with van der Waals surface area (Å²) in [7, 11) is -6.27. The van der Waals surface area contributed by atoms with Gasteiger partial charge in [-0.15, -0.1) is 0 Å². The van der Waals surface area contributed by atoms with Gasteiger partial charge in [-0.25, -0.2) is 16.8 Å². The third-order valence-electron chi connectivity index (χ3n) is 6.23. The Balaban J connectivity index is 1.51. The van der Waals surface area contributed by atoms with Crippen molar-refractivity contribution < 1.29 is 31.1 Å². The van der Waals surface area contributed by atoms with Crippen LogP contribution in [0, 0.1) is 5.92 Å². The number of carbonyl (C=O) groups excluding carboxylic acids is 1. The smallest absolute Gasteiger partial charge is 0.246 e. The molecule has 2 aromatic carbocycles. The number of benzene rings is 2. The highest BCUT2D eigenvalue weighted by atomic mass is 35.5. The molecule has 1 amide bonds. The summed E-state index contributed by atoms with van der Waals surface area (Å²) >= 11 is 5.88. The standard InChI is InChI=1S/C23H28ClN3O7S2/c1-33-21-9-6-19(15-22(21)36(31,32)26-11-13-34-14-12-26)25-23(28)17-3-2-10-27(16-17)35(29,30)20-7-4-18(24)5-8-20/h4-9,15,17H,2-3,10-14,16H2,1H3,(H,25,28)/t17-/m1/s1. The number of hydrogen-bond donors (Lipinski definition) is 1. The minimum atomic E-state index is -3.87. The van der Waals surface area contributed by atoms with E-state index in [1.165, 1.54) is 52.1 Å². The van der Waals surface area contributed by atoms with Crippen molar-refractivity contribution in [3.63, 3.8) is 0 Å². The summed E-state index contributed by atoms with van der Waals surface area (Å²) in [5, 5.41) is 3.19. The maximum atomic E-state index is 13.2. The molecule has 2 aliphatic rings. The van der Waals surface area contributed by atoms with Gasteiger partial charge in [0.15, 0.2) is 0 Å². The molecule has 2 heterocycles. The fraction of sp³-hybridized carbons (Fsp3) is 0.435. The van der Waals surface area contributed by atoms with Gasteiger partial charge in [0, 0.05) is 36.9 Å². The zero-order valence-corrected chi connectivity index (χ0v) is 22.1. The molecule has 2 aliphatic heterocycles. The molecular weight excluding hydrogens is 530 g/mol. The van der Waals surface area contributed by atoms with Crippen molar-refractivity contribution in [3.05, 3.63) is 47.5 Å². The van der Waals surface area contributed by atoms with E-state index in [2.05, 4.69) is 5.32 Å². The van der Waals surface area contributed by atoms with Crippen LogP contribution in [-0.2, 0) is 29.6 Å². The Kier molecular flexibility index (Phi) is 8.22. The van der Waals surface area contributed by atoms with E-state index in [-0.39, 0.29) is 46.8 Å². The number of amides is 1. The summed E-state index contributed by atoms with van der Waals surface area (Å²) in [5.74, 6) is -0.814. The second-order valence-corrected chi connectivity index (χ2v) is 12.8. The third-order valence-corrected chi connectivity index (χ3v) is 10.3. The monoisotopic (exact) mass is 557 g/mol. The van der Waals surface area contributed by atoms with Crippen LogP contribution in [-0.4, -0.2) is 77.9 Å². The number of piperidine rings is 1. The van der Waals surface area contributed by atoms with Crippen molar-refractivity contribution >= 4 is 43.2 Å². The summed E-state index contributed by atoms with van der Waals surface area (Å²) in [6.45, 7) is 1.37. The minimum absolute atomic E-state index is 0.0197. The quantitative estimate of drug-likeness (QED) is 0.554. The molecule has 0 saturated carbocycles. The molecular formula is C23H28ClN3O7S2. The van der Waals surface area contributed by atoms with Gasteiger partial charge < -0.3 is 14.8 Å². The molecule has 4 rings (SSSR count). The lowest BCUT2D eigenvalue weighted by Gasteiger charge is -2.31. The van der Waals surface area contributed by atoms with Crippen molar-refractivity contribution in [1.29, 1.82) is 0 Å². The van der Waals surface area contributed by atoms with Crippen LogP contribution in [0.4, 0.5) is 5.69 Å². The maximum Gasteiger partial charge on any atom is 0.246 e. The first-order valence-corrected chi connectivity index (χ1v) is 14.7. The number of nitrogens with zero attached hydrogens (tertiary/aromatic N) is 2. The largest absolute Gasteiger partial charge is 0.495 e. The molecule has 10 nitrogen and oxygen atoms in total. The number of carbonyl (C=O) groups is 1. The Morgan fingerprint density at radius 3 is 2.36 bits per heavy atom. The molecule has 2 fully saturated rings. The molecule has 2 saturated heterocycles. The van der Waals surface area contributed by atoms with Gasteiger partial charge in [-0.1, -0.05) is 11.6 Å². The minimum Gasteiger partial charge on any atom is -0.495 e. The lowest BCUT2D eigenvalue weighted by molar-refractivity contribution is -0.120. The van der Waals surface area contributed by atoms with Gasteiger partial charge in [0.25, 0.3) is 0 Å². The average Bonchev–Trinajstić information content (AvgIpc) is 2.89. The summed E-state index contributed by atoms with van der Waals surface area (Å²) in [6.07, 6.45) is 1.03. The third kappa shape index (κ3) is 5.68. The fourth-order valence-corrected chi connectivity index (χ4v) is 7.50. The van der Waals surface area contributed by atoms with Crippen LogP contribution in [0.3, 0.4) is 0 Å². The molecule has 0 unspecified atom stereocenters. The van der Waals surface area contributed by atoms with E-state index in [9.17, 15) is 21.6 Å². The van der Waals surface area contributed by atoms with E-state index >= 15 is 0 Å².